The Bertz CT molecular complexity index is 297. The van der Waals surface area contributed by atoms with Crippen LogP contribution in [-0.4, -0.2) is 4.98 Å². The summed E-state index contributed by atoms with van der Waals surface area (Å²) in [6.45, 7) is 11.9. The summed E-state index contributed by atoms with van der Waals surface area (Å²) in [5, 5.41) is 1.10. The van der Waals surface area contributed by atoms with Crippen molar-refractivity contribution in [1.82, 2.24) is 4.98 Å². The smallest absolute Gasteiger partial charge is 0.0907 e. The summed E-state index contributed by atoms with van der Waals surface area (Å²) in [6, 6.07) is 0. The standard InChI is InChI=1S/C10H13NS.C2H6/c1-4-6-7-9-10(5-2)12-8(3)11-9;1-2/h5-7H,2,4H2,1,3H3;1-2H3/b7-6-;. The molecule has 1 nitrogen and oxygen atoms in total. The Kier molecular flexibility index (Phi) is 7.03. The number of aromatic nitrogens is 1. The second kappa shape index (κ2) is 7.51. The molecule has 0 radical (unpaired) electrons. The number of allylic oxidation sites excluding steroid dienone is 1. The molecule has 1 heterocycles. The molecular weight excluding hydrogens is 190 g/mol. The van der Waals surface area contributed by atoms with E-state index in [9.17, 15) is 0 Å². The van der Waals surface area contributed by atoms with E-state index in [0.29, 0.717) is 0 Å². The third kappa shape index (κ3) is 3.88. The van der Waals surface area contributed by atoms with Gasteiger partial charge in [0.25, 0.3) is 0 Å². The maximum absolute atomic E-state index is 4.38. The fourth-order valence-electron chi connectivity index (χ4n) is 0.954. The summed E-state index contributed by atoms with van der Waals surface area (Å²) in [7, 11) is 0. The summed E-state index contributed by atoms with van der Waals surface area (Å²) < 4.78 is 0. The molecule has 0 bridgehead atoms. The SMILES string of the molecule is C=Cc1sc(C)nc1/C=C\CC.CC. The van der Waals surface area contributed by atoms with Crippen LogP contribution in [0.1, 0.15) is 42.8 Å². The lowest BCUT2D eigenvalue weighted by Crippen LogP contribution is -1.74. The molecule has 1 rings (SSSR count). The van der Waals surface area contributed by atoms with Gasteiger partial charge in [-0.15, -0.1) is 11.3 Å². The van der Waals surface area contributed by atoms with Crippen LogP contribution in [0.4, 0.5) is 0 Å². The zero-order valence-corrected chi connectivity index (χ0v) is 10.3. The normalized spacial score (nSPS) is 9.71. The molecule has 1 aromatic rings. The molecule has 0 spiro atoms. The average molecular weight is 209 g/mol. The van der Waals surface area contributed by atoms with Gasteiger partial charge < -0.3 is 0 Å². The molecule has 14 heavy (non-hydrogen) atoms. The van der Waals surface area contributed by atoms with Gasteiger partial charge in [0.2, 0.25) is 0 Å². The van der Waals surface area contributed by atoms with Crippen LogP contribution in [0.5, 0.6) is 0 Å². The first-order valence-electron chi connectivity index (χ1n) is 5.04. The lowest BCUT2D eigenvalue weighted by Gasteiger charge is -1.86. The third-order valence-electron chi connectivity index (χ3n) is 1.48. The van der Waals surface area contributed by atoms with Crippen molar-refractivity contribution < 1.29 is 0 Å². The summed E-state index contributed by atoms with van der Waals surface area (Å²) in [5.41, 5.74) is 1.05. The molecule has 0 saturated heterocycles. The van der Waals surface area contributed by atoms with Crippen molar-refractivity contribution in [3.05, 3.63) is 28.2 Å². The number of rotatable bonds is 3. The zero-order valence-electron chi connectivity index (χ0n) is 9.50. The summed E-state index contributed by atoms with van der Waals surface area (Å²) >= 11 is 1.68. The second-order valence-corrected chi connectivity index (χ2v) is 3.73. The van der Waals surface area contributed by atoms with Crippen molar-refractivity contribution in [2.45, 2.75) is 34.1 Å². The number of aryl methyl sites for hydroxylation is 1. The van der Waals surface area contributed by atoms with Crippen LogP contribution in [0.15, 0.2) is 12.7 Å². The Morgan fingerprint density at radius 2 is 2.07 bits per heavy atom. The molecule has 0 aliphatic rings. The Morgan fingerprint density at radius 1 is 1.43 bits per heavy atom. The average Bonchev–Trinajstić information content (AvgIpc) is 2.59. The van der Waals surface area contributed by atoms with Crippen molar-refractivity contribution in [3.63, 3.8) is 0 Å². The molecule has 0 aliphatic carbocycles. The van der Waals surface area contributed by atoms with Crippen LogP contribution in [0.25, 0.3) is 12.2 Å². The van der Waals surface area contributed by atoms with Crippen molar-refractivity contribution in [2.24, 2.45) is 0 Å². The van der Waals surface area contributed by atoms with Gasteiger partial charge in [-0.25, -0.2) is 4.98 Å². The van der Waals surface area contributed by atoms with Gasteiger partial charge in [-0.3, -0.25) is 0 Å². The number of hydrogen-bond acceptors (Lipinski definition) is 2. The number of thiazole rings is 1. The minimum absolute atomic E-state index is 1.05. The van der Waals surface area contributed by atoms with Gasteiger partial charge in [-0.2, -0.15) is 0 Å². The first kappa shape index (κ1) is 13.1. The highest BCUT2D eigenvalue weighted by molar-refractivity contribution is 7.12. The lowest BCUT2D eigenvalue weighted by molar-refractivity contribution is 1.22. The van der Waals surface area contributed by atoms with E-state index in [0.717, 1.165) is 22.0 Å². The maximum atomic E-state index is 4.38. The van der Waals surface area contributed by atoms with Gasteiger partial charge in [0.05, 0.1) is 15.6 Å². The molecule has 0 aliphatic heterocycles. The van der Waals surface area contributed by atoms with E-state index in [4.69, 9.17) is 0 Å². The molecule has 0 fully saturated rings. The predicted molar refractivity (Wildman–Crippen MR) is 67.6 cm³/mol. The van der Waals surface area contributed by atoms with Crippen molar-refractivity contribution in [1.29, 1.82) is 0 Å². The molecule has 1 aromatic heterocycles. The van der Waals surface area contributed by atoms with Crippen LogP contribution in [0, 0.1) is 6.92 Å². The quantitative estimate of drug-likeness (QED) is 0.712. The Morgan fingerprint density at radius 3 is 2.57 bits per heavy atom. The summed E-state index contributed by atoms with van der Waals surface area (Å²) in [4.78, 5) is 5.54. The Balaban J connectivity index is 0.000000791. The minimum Gasteiger partial charge on any atom is -0.242 e. The lowest BCUT2D eigenvalue weighted by atomic mass is 10.3. The zero-order chi connectivity index (χ0) is 11.0. The van der Waals surface area contributed by atoms with E-state index in [1.165, 1.54) is 0 Å². The molecule has 0 aromatic carbocycles. The molecule has 0 amide bonds. The molecule has 2 heteroatoms. The van der Waals surface area contributed by atoms with E-state index in [2.05, 4.69) is 30.6 Å². The maximum Gasteiger partial charge on any atom is 0.0907 e. The first-order valence-corrected chi connectivity index (χ1v) is 5.86. The van der Waals surface area contributed by atoms with Gasteiger partial charge in [0.15, 0.2) is 0 Å². The highest BCUT2D eigenvalue weighted by atomic mass is 32.1. The van der Waals surface area contributed by atoms with Crippen LogP contribution < -0.4 is 0 Å². The van der Waals surface area contributed by atoms with Gasteiger partial charge in [0.1, 0.15) is 0 Å². The second-order valence-electron chi connectivity index (χ2n) is 2.50. The van der Waals surface area contributed by atoms with Crippen LogP contribution in [0.2, 0.25) is 0 Å². The fourth-order valence-corrected chi connectivity index (χ4v) is 1.72. The van der Waals surface area contributed by atoms with E-state index in [-0.39, 0.29) is 0 Å². The molecule has 0 saturated carbocycles. The number of nitrogens with zero attached hydrogens (tertiary/aromatic N) is 1. The summed E-state index contributed by atoms with van der Waals surface area (Å²) in [5.74, 6) is 0. The van der Waals surface area contributed by atoms with Crippen molar-refractivity contribution in [2.75, 3.05) is 0 Å². The molecule has 0 N–H and O–H groups in total. The third-order valence-corrected chi connectivity index (χ3v) is 2.47. The van der Waals surface area contributed by atoms with Crippen LogP contribution in [-0.2, 0) is 0 Å². The van der Waals surface area contributed by atoms with Crippen molar-refractivity contribution >= 4 is 23.5 Å². The van der Waals surface area contributed by atoms with Gasteiger partial charge in [0, 0.05) is 0 Å². The highest BCUT2D eigenvalue weighted by Gasteiger charge is 2.00. The molecule has 0 unspecified atom stereocenters. The van der Waals surface area contributed by atoms with Gasteiger partial charge in [-0.1, -0.05) is 33.4 Å². The van der Waals surface area contributed by atoms with E-state index in [1.54, 1.807) is 11.3 Å². The highest BCUT2D eigenvalue weighted by Crippen LogP contribution is 2.20. The van der Waals surface area contributed by atoms with E-state index < -0.39 is 0 Å². The van der Waals surface area contributed by atoms with Gasteiger partial charge in [-0.05, 0) is 25.5 Å². The largest absolute Gasteiger partial charge is 0.242 e. The molecule has 78 valence electrons. The molecule has 0 atom stereocenters. The van der Waals surface area contributed by atoms with E-state index in [1.807, 2.05) is 26.8 Å². The van der Waals surface area contributed by atoms with E-state index >= 15 is 0 Å². The monoisotopic (exact) mass is 209 g/mol. The van der Waals surface area contributed by atoms with Crippen molar-refractivity contribution in [3.8, 4) is 0 Å². The molecular formula is C12H19NS. The van der Waals surface area contributed by atoms with Gasteiger partial charge >= 0.3 is 0 Å². The van der Waals surface area contributed by atoms with Crippen LogP contribution >= 0.6 is 11.3 Å². The minimum atomic E-state index is 1.05. The predicted octanol–water partition coefficient (Wildman–Crippen LogP) is 4.54. The topological polar surface area (TPSA) is 12.9 Å². The fraction of sp³-hybridized carbons (Fsp3) is 0.417. The number of hydrogen-bond donors (Lipinski definition) is 0. The first-order chi connectivity index (χ1) is 6.77. The van der Waals surface area contributed by atoms with Crippen LogP contribution in [0.3, 0.4) is 0 Å². The Labute approximate surface area is 91.2 Å². The Hall–Kier alpha value is -0.890. The summed E-state index contributed by atoms with van der Waals surface area (Å²) in [6.07, 6.45) is 7.08.